The Morgan fingerprint density at radius 2 is 1.86 bits per heavy atom. The lowest BCUT2D eigenvalue weighted by Crippen LogP contribution is -2.44. The fourth-order valence-corrected chi connectivity index (χ4v) is 3.47. The van der Waals surface area contributed by atoms with Crippen molar-refractivity contribution in [3.8, 4) is 11.3 Å². The Labute approximate surface area is 164 Å². The lowest BCUT2D eigenvalue weighted by atomic mass is 9.89. The topological polar surface area (TPSA) is 96.3 Å². The van der Waals surface area contributed by atoms with E-state index in [1.807, 2.05) is 31.7 Å². The molecule has 1 aliphatic rings. The van der Waals surface area contributed by atoms with Gasteiger partial charge in [0.15, 0.2) is 0 Å². The second-order valence-electron chi connectivity index (χ2n) is 8.35. The molecular weight excluding hydrogens is 356 g/mol. The molecule has 1 saturated heterocycles. The van der Waals surface area contributed by atoms with Crippen LogP contribution in [0.15, 0.2) is 30.9 Å². The van der Waals surface area contributed by atoms with Crippen LogP contribution in [0, 0.1) is 11.3 Å². The van der Waals surface area contributed by atoms with E-state index in [0.717, 1.165) is 38.0 Å². The standard InChI is InChI=1S/C21H26N4O3/c1-21(2,3)20(28)25-6-4-14(5-7-25)8-17-10-18(24-13-23-17)15-9-16(19(26)27)12-22-11-15/h9-14H,4-8H2,1-3H3,(H,26,27). The molecule has 3 rings (SSSR count). The highest BCUT2D eigenvalue weighted by atomic mass is 16.4. The summed E-state index contributed by atoms with van der Waals surface area (Å²) < 4.78 is 0. The summed E-state index contributed by atoms with van der Waals surface area (Å²) in [6.07, 6.45) is 7.17. The number of amides is 1. The molecule has 0 aliphatic carbocycles. The second kappa shape index (κ2) is 8.04. The third kappa shape index (κ3) is 4.71. The fourth-order valence-electron chi connectivity index (χ4n) is 3.47. The minimum atomic E-state index is -1.01. The maximum Gasteiger partial charge on any atom is 0.337 e. The maximum atomic E-state index is 12.4. The number of hydrogen-bond acceptors (Lipinski definition) is 5. The van der Waals surface area contributed by atoms with E-state index in [4.69, 9.17) is 5.11 Å². The van der Waals surface area contributed by atoms with Gasteiger partial charge in [0.05, 0.1) is 11.3 Å². The van der Waals surface area contributed by atoms with Crippen LogP contribution in [-0.4, -0.2) is 49.9 Å². The maximum absolute atomic E-state index is 12.4. The van der Waals surface area contributed by atoms with Crippen molar-refractivity contribution in [3.63, 3.8) is 0 Å². The third-order valence-electron chi connectivity index (χ3n) is 5.05. The van der Waals surface area contributed by atoms with E-state index in [0.29, 0.717) is 17.2 Å². The van der Waals surface area contributed by atoms with Gasteiger partial charge in [-0.15, -0.1) is 0 Å². The number of carboxylic acid groups (broad SMARTS) is 1. The Morgan fingerprint density at radius 3 is 2.50 bits per heavy atom. The van der Waals surface area contributed by atoms with E-state index in [1.54, 1.807) is 12.3 Å². The number of pyridine rings is 1. The Bertz CT molecular complexity index is 868. The molecule has 2 aromatic heterocycles. The van der Waals surface area contributed by atoms with Crippen molar-refractivity contribution in [2.75, 3.05) is 13.1 Å². The minimum Gasteiger partial charge on any atom is -0.478 e. The quantitative estimate of drug-likeness (QED) is 0.873. The van der Waals surface area contributed by atoms with Gasteiger partial charge in [-0.25, -0.2) is 14.8 Å². The van der Waals surface area contributed by atoms with Gasteiger partial charge in [-0.1, -0.05) is 20.8 Å². The summed E-state index contributed by atoms with van der Waals surface area (Å²) in [5.74, 6) is -0.337. The average molecular weight is 382 g/mol. The largest absolute Gasteiger partial charge is 0.478 e. The molecule has 3 heterocycles. The van der Waals surface area contributed by atoms with Gasteiger partial charge in [0.2, 0.25) is 5.91 Å². The van der Waals surface area contributed by atoms with Crippen LogP contribution in [0.1, 0.15) is 49.7 Å². The molecule has 0 atom stereocenters. The minimum absolute atomic E-state index is 0.133. The van der Waals surface area contributed by atoms with Gasteiger partial charge < -0.3 is 10.0 Å². The molecule has 0 saturated carbocycles. The number of aromatic carboxylic acids is 1. The van der Waals surface area contributed by atoms with E-state index in [-0.39, 0.29) is 16.9 Å². The average Bonchev–Trinajstić information content (AvgIpc) is 2.67. The van der Waals surface area contributed by atoms with Gasteiger partial charge in [-0.2, -0.15) is 0 Å². The van der Waals surface area contributed by atoms with Crippen molar-refractivity contribution < 1.29 is 14.7 Å². The number of rotatable bonds is 4. The van der Waals surface area contributed by atoms with Gasteiger partial charge in [-0.05, 0) is 37.3 Å². The first kappa shape index (κ1) is 19.9. The van der Waals surface area contributed by atoms with Crippen molar-refractivity contribution in [2.45, 2.75) is 40.0 Å². The van der Waals surface area contributed by atoms with Crippen molar-refractivity contribution in [1.29, 1.82) is 0 Å². The fraction of sp³-hybridized carbons (Fsp3) is 0.476. The van der Waals surface area contributed by atoms with E-state index < -0.39 is 5.97 Å². The normalized spacial score (nSPS) is 15.5. The monoisotopic (exact) mass is 382 g/mol. The van der Waals surface area contributed by atoms with Crippen LogP contribution in [0.4, 0.5) is 0 Å². The predicted octanol–water partition coefficient (Wildman–Crippen LogP) is 3.06. The number of likely N-dealkylation sites (tertiary alicyclic amines) is 1. The Morgan fingerprint density at radius 1 is 1.14 bits per heavy atom. The zero-order valence-electron chi connectivity index (χ0n) is 16.6. The molecule has 28 heavy (non-hydrogen) atoms. The number of carboxylic acids is 1. The van der Waals surface area contributed by atoms with Gasteiger partial charge in [-0.3, -0.25) is 9.78 Å². The third-order valence-corrected chi connectivity index (χ3v) is 5.05. The zero-order chi connectivity index (χ0) is 20.3. The predicted molar refractivity (Wildman–Crippen MR) is 105 cm³/mol. The molecule has 7 nitrogen and oxygen atoms in total. The molecule has 1 fully saturated rings. The highest BCUT2D eigenvalue weighted by Crippen LogP contribution is 2.26. The van der Waals surface area contributed by atoms with Crippen molar-refractivity contribution in [2.24, 2.45) is 11.3 Å². The molecule has 2 aromatic rings. The van der Waals surface area contributed by atoms with Gasteiger partial charge in [0, 0.05) is 42.2 Å². The summed E-state index contributed by atoms with van der Waals surface area (Å²) in [5.41, 5.74) is 2.04. The van der Waals surface area contributed by atoms with Gasteiger partial charge >= 0.3 is 5.97 Å². The molecule has 0 radical (unpaired) electrons. The summed E-state index contributed by atoms with van der Waals surface area (Å²) in [4.78, 5) is 38.2. The van der Waals surface area contributed by atoms with Gasteiger partial charge in [0.25, 0.3) is 0 Å². The molecule has 0 aromatic carbocycles. The Kier molecular flexibility index (Phi) is 5.72. The van der Waals surface area contributed by atoms with Crippen LogP contribution in [0.25, 0.3) is 11.3 Å². The summed E-state index contributed by atoms with van der Waals surface area (Å²) in [6.45, 7) is 7.43. The number of aromatic nitrogens is 3. The second-order valence-corrected chi connectivity index (χ2v) is 8.35. The molecule has 0 unspecified atom stereocenters. The smallest absolute Gasteiger partial charge is 0.337 e. The zero-order valence-corrected chi connectivity index (χ0v) is 16.6. The molecule has 0 spiro atoms. The molecule has 1 aliphatic heterocycles. The van der Waals surface area contributed by atoms with Crippen molar-refractivity contribution in [3.05, 3.63) is 42.1 Å². The highest BCUT2D eigenvalue weighted by molar-refractivity contribution is 5.88. The van der Waals surface area contributed by atoms with E-state index in [9.17, 15) is 9.59 Å². The Balaban J connectivity index is 1.65. The molecular formula is C21H26N4O3. The molecule has 7 heteroatoms. The number of hydrogen-bond donors (Lipinski definition) is 1. The summed E-state index contributed by atoms with van der Waals surface area (Å²) in [5, 5.41) is 9.14. The first-order valence-corrected chi connectivity index (χ1v) is 9.53. The Hall–Kier alpha value is -2.83. The van der Waals surface area contributed by atoms with Crippen LogP contribution < -0.4 is 0 Å². The lowest BCUT2D eigenvalue weighted by Gasteiger charge is -2.35. The lowest BCUT2D eigenvalue weighted by molar-refractivity contribution is -0.140. The molecule has 1 amide bonds. The van der Waals surface area contributed by atoms with Crippen LogP contribution in [0.3, 0.4) is 0 Å². The molecule has 1 N–H and O–H groups in total. The number of nitrogens with zero attached hydrogens (tertiary/aromatic N) is 4. The summed E-state index contributed by atoms with van der Waals surface area (Å²) >= 11 is 0. The first-order chi connectivity index (χ1) is 13.2. The highest BCUT2D eigenvalue weighted by Gasteiger charge is 2.30. The van der Waals surface area contributed by atoms with Gasteiger partial charge in [0.1, 0.15) is 6.33 Å². The first-order valence-electron chi connectivity index (χ1n) is 9.53. The number of carbonyl (C=O) groups is 2. The van der Waals surface area contributed by atoms with Crippen LogP contribution in [-0.2, 0) is 11.2 Å². The number of piperidine rings is 1. The summed E-state index contributed by atoms with van der Waals surface area (Å²) in [6, 6.07) is 3.47. The molecule has 0 bridgehead atoms. The van der Waals surface area contributed by atoms with E-state index in [1.165, 1.54) is 12.5 Å². The van der Waals surface area contributed by atoms with Crippen molar-refractivity contribution in [1.82, 2.24) is 19.9 Å². The number of carbonyl (C=O) groups excluding carboxylic acids is 1. The van der Waals surface area contributed by atoms with Crippen LogP contribution >= 0.6 is 0 Å². The van der Waals surface area contributed by atoms with Crippen molar-refractivity contribution >= 4 is 11.9 Å². The molecule has 148 valence electrons. The van der Waals surface area contributed by atoms with E-state index >= 15 is 0 Å². The van der Waals surface area contributed by atoms with Crippen LogP contribution in [0.5, 0.6) is 0 Å². The SMILES string of the molecule is CC(C)(C)C(=O)N1CCC(Cc2cc(-c3cncc(C(=O)O)c3)ncn2)CC1. The summed E-state index contributed by atoms with van der Waals surface area (Å²) in [7, 11) is 0. The van der Waals surface area contributed by atoms with E-state index in [2.05, 4.69) is 15.0 Å². The van der Waals surface area contributed by atoms with Crippen LogP contribution in [0.2, 0.25) is 0 Å².